The zero-order valence-electron chi connectivity index (χ0n) is 12.7. The molecule has 0 aliphatic rings. The van der Waals surface area contributed by atoms with E-state index < -0.39 is 11.5 Å². The third-order valence-corrected chi connectivity index (χ3v) is 3.71. The van der Waals surface area contributed by atoms with Gasteiger partial charge < -0.3 is 15.7 Å². The lowest BCUT2D eigenvalue weighted by molar-refractivity contribution is -0.142. The molecule has 0 aliphatic carbocycles. The number of nitrogens with two attached hydrogens (primary N) is 1. The van der Waals surface area contributed by atoms with Crippen LogP contribution in [0.1, 0.15) is 38.7 Å². The molecule has 20 heavy (non-hydrogen) atoms. The predicted molar refractivity (Wildman–Crippen MR) is 83.2 cm³/mol. The molecule has 1 unspecified atom stereocenters. The molecule has 0 bridgehead atoms. The summed E-state index contributed by atoms with van der Waals surface area (Å²) in [5.41, 5.74) is 7.12. The van der Waals surface area contributed by atoms with Gasteiger partial charge in [0.2, 0.25) is 0 Å². The van der Waals surface area contributed by atoms with Crippen LogP contribution in [-0.4, -0.2) is 30.2 Å². The van der Waals surface area contributed by atoms with Crippen molar-refractivity contribution in [3.05, 3.63) is 29.8 Å². The van der Waals surface area contributed by atoms with Crippen molar-refractivity contribution in [2.24, 2.45) is 5.73 Å². The summed E-state index contributed by atoms with van der Waals surface area (Å²) in [5.74, 6) is -0.930. The van der Waals surface area contributed by atoms with E-state index in [0.717, 1.165) is 25.8 Å². The first-order valence-electron chi connectivity index (χ1n) is 7.19. The molecule has 0 spiro atoms. The first kappa shape index (κ1) is 16.5. The van der Waals surface area contributed by atoms with Gasteiger partial charge in [0, 0.05) is 19.3 Å². The molecule has 3 N–H and O–H groups in total. The summed E-state index contributed by atoms with van der Waals surface area (Å²) in [6.07, 6.45) is 3.31. The van der Waals surface area contributed by atoms with E-state index in [2.05, 4.69) is 43.1 Å². The Hall–Kier alpha value is -1.55. The number of nitrogens with zero attached hydrogens (tertiary/aromatic N) is 1. The van der Waals surface area contributed by atoms with Crippen molar-refractivity contribution in [2.75, 3.05) is 18.5 Å². The predicted octanol–water partition coefficient (Wildman–Crippen LogP) is 2.66. The summed E-state index contributed by atoms with van der Waals surface area (Å²) in [5, 5.41) is 8.94. The highest BCUT2D eigenvalue weighted by atomic mass is 16.4. The van der Waals surface area contributed by atoms with Crippen molar-refractivity contribution in [3.8, 4) is 0 Å². The normalized spacial score (nSPS) is 13.8. The average molecular weight is 278 g/mol. The van der Waals surface area contributed by atoms with Gasteiger partial charge >= 0.3 is 5.97 Å². The van der Waals surface area contributed by atoms with Crippen LogP contribution in [0.25, 0.3) is 0 Å². The number of carboxylic acids is 1. The minimum absolute atomic E-state index is 0.505. The Kier molecular flexibility index (Phi) is 6.02. The molecule has 1 rings (SSSR count). The minimum atomic E-state index is -1.11. The van der Waals surface area contributed by atoms with E-state index in [0.29, 0.717) is 6.42 Å². The molecule has 0 heterocycles. The fraction of sp³-hybridized carbons (Fsp3) is 0.562. The Morgan fingerprint density at radius 1 is 1.30 bits per heavy atom. The van der Waals surface area contributed by atoms with Gasteiger partial charge in [0.25, 0.3) is 0 Å². The van der Waals surface area contributed by atoms with Gasteiger partial charge in [-0.25, -0.2) is 0 Å². The van der Waals surface area contributed by atoms with Gasteiger partial charge in [-0.1, -0.05) is 19.1 Å². The van der Waals surface area contributed by atoms with E-state index in [1.54, 1.807) is 6.92 Å². The summed E-state index contributed by atoms with van der Waals surface area (Å²) in [6.45, 7) is 4.62. The number of aryl methyl sites for hydroxylation is 1. The molecule has 0 saturated carbocycles. The SMILES string of the molecule is CCc1ccc(N(C)CCCCC(C)(N)C(=O)O)cc1. The van der Waals surface area contributed by atoms with Crippen LogP contribution in [0, 0.1) is 0 Å². The molecule has 0 fully saturated rings. The van der Waals surface area contributed by atoms with Crippen LogP contribution in [0.15, 0.2) is 24.3 Å². The molecule has 1 aromatic rings. The van der Waals surface area contributed by atoms with Crippen LogP contribution >= 0.6 is 0 Å². The molecule has 0 saturated heterocycles. The first-order chi connectivity index (χ1) is 9.36. The van der Waals surface area contributed by atoms with Crippen LogP contribution in [0.2, 0.25) is 0 Å². The Morgan fingerprint density at radius 3 is 2.40 bits per heavy atom. The maximum atomic E-state index is 10.9. The minimum Gasteiger partial charge on any atom is -0.480 e. The standard InChI is InChI=1S/C16H26N2O2/c1-4-13-7-9-14(10-8-13)18(3)12-6-5-11-16(2,17)15(19)20/h7-10H,4-6,11-12,17H2,1-3H3,(H,19,20). The van der Waals surface area contributed by atoms with Crippen LogP contribution in [0.3, 0.4) is 0 Å². The van der Waals surface area contributed by atoms with Crippen molar-refractivity contribution < 1.29 is 9.90 Å². The van der Waals surface area contributed by atoms with Crippen molar-refractivity contribution in [3.63, 3.8) is 0 Å². The number of unbranched alkanes of at least 4 members (excludes halogenated alkanes) is 1. The number of carbonyl (C=O) groups is 1. The topological polar surface area (TPSA) is 66.6 Å². The fourth-order valence-corrected chi connectivity index (χ4v) is 2.06. The van der Waals surface area contributed by atoms with E-state index in [1.807, 2.05) is 0 Å². The van der Waals surface area contributed by atoms with Gasteiger partial charge in [0.1, 0.15) is 5.54 Å². The van der Waals surface area contributed by atoms with Crippen molar-refractivity contribution in [1.29, 1.82) is 0 Å². The monoisotopic (exact) mass is 278 g/mol. The lowest BCUT2D eigenvalue weighted by Crippen LogP contribution is -2.44. The maximum Gasteiger partial charge on any atom is 0.323 e. The molecule has 0 aliphatic heterocycles. The highest BCUT2D eigenvalue weighted by molar-refractivity contribution is 5.77. The molecule has 4 nitrogen and oxygen atoms in total. The zero-order chi connectivity index (χ0) is 15.2. The van der Waals surface area contributed by atoms with Crippen LogP contribution in [0.4, 0.5) is 5.69 Å². The second-order valence-corrected chi connectivity index (χ2v) is 5.62. The smallest absolute Gasteiger partial charge is 0.323 e. The summed E-state index contributed by atoms with van der Waals surface area (Å²) < 4.78 is 0. The second kappa shape index (κ2) is 7.29. The van der Waals surface area contributed by atoms with Crippen molar-refractivity contribution >= 4 is 11.7 Å². The third kappa shape index (κ3) is 4.85. The molecular weight excluding hydrogens is 252 g/mol. The number of aliphatic carboxylic acids is 1. The molecular formula is C16H26N2O2. The molecule has 1 atom stereocenters. The number of carboxylic acid groups (broad SMARTS) is 1. The zero-order valence-corrected chi connectivity index (χ0v) is 12.7. The van der Waals surface area contributed by atoms with Crippen LogP contribution in [0.5, 0.6) is 0 Å². The molecule has 0 amide bonds. The lowest BCUT2D eigenvalue weighted by atomic mass is 9.96. The average Bonchev–Trinajstić information content (AvgIpc) is 2.43. The van der Waals surface area contributed by atoms with Crippen LogP contribution in [-0.2, 0) is 11.2 Å². The van der Waals surface area contributed by atoms with Gasteiger partial charge in [-0.15, -0.1) is 0 Å². The first-order valence-corrected chi connectivity index (χ1v) is 7.19. The van der Waals surface area contributed by atoms with Crippen molar-refractivity contribution in [2.45, 2.75) is 45.1 Å². The summed E-state index contributed by atoms with van der Waals surface area (Å²) in [6, 6.07) is 8.55. The van der Waals surface area contributed by atoms with Crippen molar-refractivity contribution in [1.82, 2.24) is 0 Å². The molecule has 4 heteroatoms. The Balaban J connectivity index is 2.36. The maximum absolute atomic E-state index is 10.9. The number of rotatable bonds is 8. The van der Waals surface area contributed by atoms with Gasteiger partial charge in [-0.2, -0.15) is 0 Å². The Labute approximate surface area is 121 Å². The molecule has 0 aromatic heterocycles. The largest absolute Gasteiger partial charge is 0.480 e. The van der Waals surface area contributed by atoms with Gasteiger partial charge in [-0.3, -0.25) is 4.79 Å². The number of anilines is 1. The fourth-order valence-electron chi connectivity index (χ4n) is 2.06. The van der Waals surface area contributed by atoms with Gasteiger partial charge in [-0.05, 0) is 50.3 Å². The highest BCUT2D eigenvalue weighted by Crippen LogP contribution is 2.16. The third-order valence-electron chi connectivity index (χ3n) is 3.71. The highest BCUT2D eigenvalue weighted by Gasteiger charge is 2.26. The lowest BCUT2D eigenvalue weighted by Gasteiger charge is -2.22. The molecule has 0 radical (unpaired) electrons. The van der Waals surface area contributed by atoms with E-state index in [-0.39, 0.29) is 0 Å². The number of benzene rings is 1. The molecule has 112 valence electrons. The van der Waals surface area contributed by atoms with E-state index in [1.165, 1.54) is 11.3 Å². The molecule has 1 aromatic carbocycles. The van der Waals surface area contributed by atoms with E-state index >= 15 is 0 Å². The van der Waals surface area contributed by atoms with Gasteiger partial charge in [0.15, 0.2) is 0 Å². The summed E-state index contributed by atoms with van der Waals surface area (Å²) in [7, 11) is 2.06. The Bertz CT molecular complexity index is 427. The van der Waals surface area contributed by atoms with Gasteiger partial charge in [0.05, 0.1) is 0 Å². The van der Waals surface area contributed by atoms with Crippen LogP contribution < -0.4 is 10.6 Å². The Morgan fingerprint density at radius 2 is 1.90 bits per heavy atom. The number of hydrogen-bond donors (Lipinski definition) is 2. The quantitative estimate of drug-likeness (QED) is 0.717. The summed E-state index contributed by atoms with van der Waals surface area (Å²) >= 11 is 0. The summed E-state index contributed by atoms with van der Waals surface area (Å²) in [4.78, 5) is 13.1. The number of hydrogen-bond acceptors (Lipinski definition) is 3. The van der Waals surface area contributed by atoms with E-state index in [9.17, 15) is 4.79 Å². The second-order valence-electron chi connectivity index (χ2n) is 5.62. The van der Waals surface area contributed by atoms with E-state index in [4.69, 9.17) is 10.8 Å².